The van der Waals surface area contributed by atoms with E-state index in [2.05, 4.69) is 29.2 Å². The van der Waals surface area contributed by atoms with Crippen molar-refractivity contribution in [2.24, 2.45) is 5.73 Å². The van der Waals surface area contributed by atoms with Crippen LogP contribution in [-0.4, -0.2) is 13.1 Å². The molecule has 1 aliphatic rings. The second-order valence-electron chi connectivity index (χ2n) is 4.45. The van der Waals surface area contributed by atoms with Crippen molar-refractivity contribution in [2.45, 2.75) is 12.5 Å². The summed E-state index contributed by atoms with van der Waals surface area (Å²) in [4.78, 5) is 2.34. The Morgan fingerprint density at radius 2 is 2.12 bits per heavy atom. The minimum absolute atomic E-state index is 0.0591. The number of rotatable bonds is 3. The topological polar surface area (TPSA) is 42.4 Å². The highest BCUT2D eigenvalue weighted by molar-refractivity contribution is 5.57. The molecule has 1 aliphatic heterocycles. The molecule has 2 aromatic rings. The monoisotopic (exact) mass is 228 g/mol. The third kappa shape index (κ3) is 1.94. The molecule has 88 valence electrons. The Hall–Kier alpha value is -1.74. The van der Waals surface area contributed by atoms with Gasteiger partial charge in [-0.05, 0) is 30.2 Å². The van der Waals surface area contributed by atoms with Crippen molar-refractivity contribution in [3.05, 3.63) is 54.0 Å². The van der Waals surface area contributed by atoms with E-state index in [9.17, 15) is 0 Å². The minimum atomic E-state index is -0.0591. The Balaban J connectivity index is 1.75. The lowest BCUT2D eigenvalue weighted by Crippen LogP contribution is -2.30. The first kappa shape index (κ1) is 10.4. The zero-order chi connectivity index (χ0) is 11.7. The third-order valence-corrected chi connectivity index (χ3v) is 3.31. The summed E-state index contributed by atoms with van der Waals surface area (Å²) in [5.74, 6) is 0.856. The van der Waals surface area contributed by atoms with Gasteiger partial charge in [0.1, 0.15) is 5.76 Å². The van der Waals surface area contributed by atoms with Crippen LogP contribution in [0.4, 0.5) is 5.69 Å². The summed E-state index contributed by atoms with van der Waals surface area (Å²) >= 11 is 0. The van der Waals surface area contributed by atoms with E-state index in [4.69, 9.17) is 10.2 Å². The standard InChI is InChI=1S/C14H16N2O/c15-12(14-6-3-9-17-14)10-16-8-7-11-4-1-2-5-13(11)16/h1-6,9,12H,7-8,10,15H2. The number of hydrogen-bond donors (Lipinski definition) is 1. The molecule has 1 aromatic heterocycles. The van der Waals surface area contributed by atoms with Crippen LogP contribution in [-0.2, 0) is 6.42 Å². The average Bonchev–Trinajstić information content (AvgIpc) is 2.98. The molecule has 0 spiro atoms. The molecule has 1 aromatic carbocycles. The minimum Gasteiger partial charge on any atom is -0.468 e. The molecule has 3 rings (SSSR count). The van der Waals surface area contributed by atoms with Gasteiger partial charge < -0.3 is 15.1 Å². The Morgan fingerprint density at radius 3 is 2.94 bits per heavy atom. The van der Waals surface area contributed by atoms with Gasteiger partial charge in [-0.1, -0.05) is 18.2 Å². The van der Waals surface area contributed by atoms with Gasteiger partial charge in [0.2, 0.25) is 0 Å². The van der Waals surface area contributed by atoms with Crippen LogP contribution < -0.4 is 10.6 Å². The lowest BCUT2D eigenvalue weighted by atomic mass is 10.2. The van der Waals surface area contributed by atoms with E-state index in [1.54, 1.807) is 6.26 Å². The largest absolute Gasteiger partial charge is 0.468 e. The van der Waals surface area contributed by atoms with Gasteiger partial charge in [-0.15, -0.1) is 0 Å². The maximum absolute atomic E-state index is 6.14. The number of furan rings is 1. The first-order chi connectivity index (χ1) is 8.34. The lowest BCUT2D eigenvalue weighted by molar-refractivity contribution is 0.464. The summed E-state index contributed by atoms with van der Waals surface area (Å²) < 4.78 is 5.34. The fraction of sp³-hybridized carbons (Fsp3) is 0.286. The van der Waals surface area contributed by atoms with Gasteiger partial charge >= 0.3 is 0 Å². The molecule has 0 aliphatic carbocycles. The molecule has 0 radical (unpaired) electrons. The highest BCUT2D eigenvalue weighted by Crippen LogP contribution is 2.28. The van der Waals surface area contributed by atoms with E-state index < -0.39 is 0 Å². The molecular weight excluding hydrogens is 212 g/mol. The molecule has 0 saturated heterocycles. The predicted octanol–water partition coefficient (Wildman–Crippen LogP) is 2.34. The van der Waals surface area contributed by atoms with Crippen LogP contribution in [0.2, 0.25) is 0 Å². The van der Waals surface area contributed by atoms with E-state index >= 15 is 0 Å². The quantitative estimate of drug-likeness (QED) is 0.876. The molecule has 17 heavy (non-hydrogen) atoms. The second kappa shape index (κ2) is 4.26. The van der Waals surface area contributed by atoms with E-state index in [0.29, 0.717) is 0 Å². The Morgan fingerprint density at radius 1 is 1.24 bits per heavy atom. The smallest absolute Gasteiger partial charge is 0.122 e. The fourth-order valence-electron chi connectivity index (χ4n) is 2.43. The van der Waals surface area contributed by atoms with Gasteiger partial charge in [-0.25, -0.2) is 0 Å². The molecule has 0 amide bonds. The van der Waals surface area contributed by atoms with Crippen molar-refractivity contribution in [1.29, 1.82) is 0 Å². The number of benzene rings is 1. The molecule has 1 unspecified atom stereocenters. The van der Waals surface area contributed by atoms with Crippen molar-refractivity contribution in [2.75, 3.05) is 18.0 Å². The van der Waals surface area contributed by atoms with Gasteiger partial charge in [0.05, 0.1) is 12.3 Å². The molecule has 0 saturated carbocycles. The Kier molecular flexibility index (Phi) is 2.61. The van der Waals surface area contributed by atoms with Crippen molar-refractivity contribution in [1.82, 2.24) is 0 Å². The number of nitrogens with zero attached hydrogens (tertiary/aromatic N) is 1. The SMILES string of the molecule is NC(CN1CCc2ccccc21)c1ccco1. The number of hydrogen-bond acceptors (Lipinski definition) is 3. The van der Waals surface area contributed by atoms with Crippen LogP contribution >= 0.6 is 0 Å². The van der Waals surface area contributed by atoms with Gasteiger partial charge in [0, 0.05) is 18.8 Å². The first-order valence-electron chi connectivity index (χ1n) is 5.96. The Labute approximate surface area is 101 Å². The molecule has 3 heteroatoms. The van der Waals surface area contributed by atoms with Crippen LogP contribution in [0.5, 0.6) is 0 Å². The maximum atomic E-state index is 6.14. The highest BCUT2D eigenvalue weighted by Gasteiger charge is 2.21. The molecule has 1 atom stereocenters. The van der Waals surface area contributed by atoms with Gasteiger partial charge in [-0.3, -0.25) is 0 Å². The van der Waals surface area contributed by atoms with E-state index in [1.165, 1.54) is 11.3 Å². The molecule has 0 bridgehead atoms. The molecule has 2 N–H and O–H groups in total. The Bertz CT molecular complexity index is 493. The number of anilines is 1. The van der Waals surface area contributed by atoms with Crippen molar-refractivity contribution in [3.8, 4) is 0 Å². The fourth-order valence-corrected chi connectivity index (χ4v) is 2.43. The maximum Gasteiger partial charge on any atom is 0.122 e. The van der Waals surface area contributed by atoms with Gasteiger partial charge in [0.25, 0.3) is 0 Å². The van der Waals surface area contributed by atoms with Crippen LogP contribution in [0.3, 0.4) is 0 Å². The van der Waals surface area contributed by atoms with E-state index in [1.807, 2.05) is 12.1 Å². The highest BCUT2D eigenvalue weighted by atomic mass is 16.3. The zero-order valence-electron chi connectivity index (χ0n) is 9.67. The summed E-state index contributed by atoms with van der Waals surface area (Å²) in [6.07, 6.45) is 2.79. The average molecular weight is 228 g/mol. The molecule has 2 heterocycles. The zero-order valence-corrected chi connectivity index (χ0v) is 9.67. The summed E-state index contributed by atoms with van der Waals surface area (Å²) in [6, 6.07) is 12.3. The van der Waals surface area contributed by atoms with Crippen molar-refractivity contribution in [3.63, 3.8) is 0 Å². The van der Waals surface area contributed by atoms with Gasteiger partial charge in [-0.2, -0.15) is 0 Å². The summed E-state index contributed by atoms with van der Waals surface area (Å²) in [6.45, 7) is 1.86. The van der Waals surface area contributed by atoms with Crippen molar-refractivity contribution < 1.29 is 4.42 Å². The van der Waals surface area contributed by atoms with E-state index in [-0.39, 0.29) is 6.04 Å². The van der Waals surface area contributed by atoms with Crippen LogP contribution in [0.1, 0.15) is 17.4 Å². The summed E-state index contributed by atoms with van der Waals surface area (Å²) in [5, 5.41) is 0. The van der Waals surface area contributed by atoms with Crippen LogP contribution in [0, 0.1) is 0 Å². The summed E-state index contributed by atoms with van der Waals surface area (Å²) in [7, 11) is 0. The predicted molar refractivity (Wildman–Crippen MR) is 68.0 cm³/mol. The van der Waals surface area contributed by atoms with E-state index in [0.717, 1.165) is 25.3 Å². The lowest BCUT2D eigenvalue weighted by Gasteiger charge is -2.22. The molecule has 0 fully saturated rings. The molecule has 3 nitrogen and oxygen atoms in total. The summed E-state index contributed by atoms with van der Waals surface area (Å²) in [5.41, 5.74) is 8.87. The first-order valence-corrected chi connectivity index (χ1v) is 5.96. The van der Waals surface area contributed by atoms with Crippen LogP contribution in [0.15, 0.2) is 47.1 Å². The van der Waals surface area contributed by atoms with Crippen LogP contribution in [0.25, 0.3) is 0 Å². The second-order valence-corrected chi connectivity index (χ2v) is 4.45. The number of fused-ring (bicyclic) bond motifs is 1. The normalized spacial score (nSPS) is 15.9. The van der Waals surface area contributed by atoms with Crippen molar-refractivity contribution >= 4 is 5.69 Å². The third-order valence-electron chi connectivity index (χ3n) is 3.31. The number of nitrogens with two attached hydrogens (primary N) is 1. The van der Waals surface area contributed by atoms with Gasteiger partial charge in [0.15, 0.2) is 0 Å². The number of para-hydroxylation sites is 1. The molecular formula is C14H16N2O.